The third-order valence-electron chi connectivity index (χ3n) is 3.31. The highest BCUT2D eigenvalue weighted by Crippen LogP contribution is 2.29. The molecule has 1 aliphatic carbocycles. The zero-order chi connectivity index (χ0) is 14.4. The van der Waals surface area contributed by atoms with Crippen LogP contribution in [0.25, 0.3) is 0 Å². The maximum Gasteiger partial charge on any atom is 0.197 e. The van der Waals surface area contributed by atoms with Crippen LogP contribution in [0.5, 0.6) is 0 Å². The van der Waals surface area contributed by atoms with E-state index in [-0.39, 0.29) is 27.8 Å². The molecule has 0 N–H and O–H groups in total. The van der Waals surface area contributed by atoms with Crippen LogP contribution in [-0.4, -0.2) is 17.9 Å². The van der Waals surface area contributed by atoms with Gasteiger partial charge in [-0.25, -0.2) is 4.39 Å². The fraction of sp³-hybridized carbons (Fsp3) is 0. The van der Waals surface area contributed by atoms with Gasteiger partial charge in [0, 0.05) is 22.3 Å². The number of carbonyl (C=O) groups excluding carboxylic acids is 3. The summed E-state index contributed by atoms with van der Waals surface area (Å²) in [5, 5.41) is 0.477. The molecule has 0 saturated heterocycles. The molecule has 20 heavy (non-hydrogen) atoms. The van der Waals surface area contributed by atoms with Crippen LogP contribution in [-0.2, 0) is 0 Å². The molecular weight excluding hydrogens is 278 g/mol. The van der Waals surface area contributed by atoms with Crippen molar-refractivity contribution in [1.29, 1.82) is 0 Å². The number of carbonyl (C=O) groups is 3. The van der Waals surface area contributed by atoms with Gasteiger partial charge in [0.25, 0.3) is 0 Å². The van der Waals surface area contributed by atoms with Crippen LogP contribution in [0.1, 0.15) is 42.2 Å². The summed E-state index contributed by atoms with van der Waals surface area (Å²) in [6.07, 6.45) is 0.579. The molecular formula is C15H8FO3P. The average molecular weight is 286 g/mol. The van der Waals surface area contributed by atoms with Gasteiger partial charge in [-0.1, -0.05) is 12.1 Å². The average Bonchev–Trinajstić information content (AvgIpc) is 2.46. The Hall–Kier alpha value is -2.19. The van der Waals surface area contributed by atoms with Crippen molar-refractivity contribution in [2.45, 2.75) is 0 Å². The van der Waals surface area contributed by atoms with Crippen molar-refractivity contribution in [2.75, 3.05) is 0 Å². The predicted octanol–water partition coefficient (Wildman–Crippen LogP) is 1.91. The second kappa shape index (κ2) is 4.43. The summed E-state index contributed by atoms with van der Waals surface area (Å²) in [6.45, 7) is 0. The number of hydrogen-bond acceptors (Lipinski definition) is 3. The second-order valence-corrected chi connectivity index (χ2v) is 5.09. The topological polar surface area (TPSA) is 51.2 Å². The fourth-order valence-corrected chi connectivity index (χ4v) is 2.72. The summed E-state index contributed by atoms with van der Waals surface area (Å²) in [5.74, 6) is -1.71. The minimum absolute atomic E-state index is 0.0709. The number of ketones is 2. The Kier molecular flexibility index (Phi) is 2.84. The lowest BCUT2D eigenvalue weighted by Crippen LogP contribution is -2.27. The van der Waals surface area contributed by atoms with Gasteiger partial charge in [-0.3, -0.25) is 14.4 Å². The van der Waals surface area contributed by atoms with Crippen molar-refractivity contribution in [2.24, 2.45) is 0 Å². The molecule has 0 radical (unpaired) electrons. The molecule has 0 heterocycles. The van der Waals surface area contributed by atoms with E-state index in [1.807, 2.05) is 0 Å². The predicted molar refractivity (Wildman–Crippen MR) is 74.4 cm³/mol. The normalized spacial score (nSPS) is 12.9. The molecule has 0 fully saturated rings. The van der Waals surface area contributed by atoms with Gasteiger partial charge < -0.3 is 0 Å². The molecule has 0 aromatic heterocycles. The zero-order valence-electron chi connectivity index (χ0n) is 10.1. The highest BCUT2D eigenvalue weighted by atomic mass is 31.0. The fourth-order valence-electron chi connectivity index (χ4n) is 2.35. The van der Waals surface area contributed by atoms with E-state index in [1.54, 1.807) is 0 Å². The van der Waals surface area contributed by atoms with Gasteiger partial charge in [0.05, 0.1) is 5.56 Å². The van der Waals surface area contributed by atoms with Crippen LogP contribution in [0.2, 0.25) is 0 Å². The monoisotopic (exact) mass is 286 g/mol. The molecule has 0 saturated carbocycles. The van der Waals surface area contributed by atoms with Crippen LogP contribution in [0, 0.1) is 5.82 Å². The Balaban J connectivity index is 2.36. The van der Waals surface area contributed by atoms with Gasteiger partial charge in [0.2, 0.25) is 0 Å². The third-order valence-corrected chi connectivity index (χ3v) is 3.79. The SMILES string of the molecule is O=Cc1ccc2c(c1)C(=O)c1c(F)ccc(P)c1C2=O. The van der Waals surface area contributed by atoms with Crippen LogP contribution in [0.3, 0.4) is 0 Å². The molecule has 3 nitrogen and oxygen atoms in total. The van der Waals surface area contributed by atoms with Crippen LogP contribution in [0.4, 0.5) is 4.39 Å². The summed E-state index contributed by atoms with van der Waals surface area (Å²) in [7, 11) is 2.33. The first-order valence-corrected chi connectivity index (χ1v) is 6.39. The first kappa shape index (κ1) is 12.8. The number of hydrogen-bond donors (Lipinski definition) is 0. The largest absolute Gasteiger partial charge is 0.298 e. The van der Waals surface area contributed by atoms with Gasteiger partial charge in [-0.05, 0) is 23.5 Å². The van der Waals surface area contributed by atoms with Gasteiger partial charge in [-0.2, -0.15) is 0 Å². The van der Waals surface area contributed by atoms with E-state index in [4.69, 9.17) is 0 Å². The van der Waals surface area contributed by atoms with E-state index in [2.05, 4.69) is 9.24 Å². The third kappa shape index (κ3) is 1.65. The molecule has 0 spiro atoms. The van der Waals surface area contributed by atoms with Gasteiger partial charge in [-0.15, -0.1) is 9.24 Å². The van der Waals surface area contributed by atoms with Crippen molar-refractivity contribution < 1.29 is 18.8 Å². The number of rotatable bonds is 1. The Labute approximate surface area is 116 Å². The second-order valence-electron chi connectivity index (χ2n) is 4.47. The minimum Gasteiger partial charge on any atom is -0.298 e. The summed E-state index contributed by atoms with van der Waals surface area (Å²) >= 11 is 0. The lowest BCUT2D eigenvalue weighted by atomic mass is 9.83. The van der Waals surface area contributed by atoms with E-state index < -0.39 is 17.4 Å². The minimum atomic E-state index is -0.730. The summed E-state index contributed by atoms with van der Waals surface area (Å²) in [4.78, 5) is 35.6. The first-order chi connectivity index (χ1) is 9.54. The van der Waals surface area contributed by atoms with Crippen molar-refractivity contribution >= 4 is 32.4 Å². The van der Waals surface area contributed by atoms with E-state index in [0.717, 1.165) is 6.07 Å². The van der Waals surface area contributed by atoms with E-state index >= 15 is 0 Å². The van der Waals surface area contributed by atoms with Gasteiger partial charge >= 0.3 is 0 Å². The summed E-state index contributed by atoms with van der Waals surface area (Å²) in [5.41, 5.74) is 0.393. The van der Waals surface area contributed by atoms with Crippen molar-refractivity contribution in [3.63, 3.8) is 0 Å². The van der Waals surface area contributed by atoms with Crippen molar-refractivity contribution in [3.8, 4) is 0 Å². The van der Waals surface area contributed by atoms with E-state index in [1.165, 1.54) is 24.3 Å². The molecule has 1 aliphatic rings. The standard InChI is InChI=1S/C15H8FO3P/c16-10-3-4-11(20)13-12(10)15(19)9-5-7(6-17)1-2-8(9)14(13)18/h1-6H,20H2. The van der Waals surface area contributed by atoms with E-state index in [0.29, 0.717) is 11.6 Å². The Morgan fingerprint density at radius 3 is 2.35 bits per heavy atom. The molecule has 0 bridgehead atoms. The molecule has 3 rings (SSSR count). The number of halogens is 1. The molecule has 0 amide bonds. The van der Waals surface area contributed by atoms with E-state index in [9.17, 15) is 18.8 Å². The van der Waals surface area contributed by atoms with Crippen LogP contribution in [0.15, 0.2) is 30.3 Å². The quantitative estimate of drug-likeness (QED) is 0.507. The zero-order valence-corrected chi connectivity index (χ0v) is 11.3. The molecule has 1 unspecified atom stereocenters. The number of fused-ring (bicyclic) bond motifs is 2. The maximum absolute atomic E-state index is 13.9. The molecule has 2 aromatic carbocycles. The molecule has 5 heteroatoms. The van der Waals surface area contributed by atoms with Crippen LogP contribution < -0.4 is 5.30 Å². The summed E-state index contributed by atoms with van der Waals surface area (Å²) < 4.78 is 13.9. The molecule has 0 aliphatic heterocycles. The maximum atomic E-state index is 13.9. The van der Waals surface area contributed by atoms with Crippen molar-refractivity contribution in [3.05, 3.63) is 64.0 Å². The highest BCUT2D eigenvalue weighted by Gasteiger charge is 2.33. The van der Waals surface area contributed by atoms with Crippen LogP contribution >= 0.6 is 9.24 Å². The lowest BCUT2D eigenvalue weighted by Gasteiger charge is -2.19. The van der Waals surface area contributed by atoms with Crippen molar-refractivity contribution in [1.82, 2.24) is 0 Å². The number of benzene rings is 2. The molecule has 2 aromatic rings. The highest BCUT2D eigenvalue weighted by molar-refractivity contribution is 7.27. The smallest absolute Gasteiger partial charge is 0.197 e. The number of aldehydes is 1. The Morgan fingerprint density at radius 1 is 0.950 bits per heavy atom. The lowest BCUT2D eigenvalue weighted by molar-refractivity contribution is 0.0976. The molecule has 1 atom stereocenters. The van der Waals surface area contributed by atoms with Gasteiger partial charge in [0.1, 0.15) is 12.1 Å². The Morgan fingerprint density at radius 2 is 1.65 bits per heavy atom. The Bertz CT molecular complexity index is 796. The summed E-state index contributed by atoms with van der Waals surface area (Å²) in [6, 6.07) is 6.80. The first-order valence-electron chi connectivity index (χ1n) is 5.81. The van der Waals surface area contributed by atoms with Gasteiger partial charge in [0.15, 0.2) is 11.6 Å². The molecule has 98 valence electrons.